The van der Waals surface area contributed by atoms with Crippen LogP contribution in [0.4, 0.5) is 0 Å². The predicted molar refractivity (Wildman–Crippen MR) is 109 cm³/mol. The molecule has 0 N–H and O–H groups in total. The summed E-state index contributed by atoms with van der Waals surface area (Å²) in [7, 11) is 0. The summed E-state index contributed by atoms with van der Waals surface area (Å²) in [5, 5.41) is 0.600. The van der Waals surface area contributed by atoms with Gasteiger partial charge in [-0.1, -0.05) is 12.8 Å². The molecule has 6 nitrogen and oxygen atoms in total. The lowest BCUT2D eigenvalue weighted by Crippen LogP contribution is -2.37. The number of ether oxygens (including phenoxy) is 1. The molecule has 0 aliphatic carbocycles. The summed E-state index contributed by atoms with van der Waals surface area (Å²) in [6.45, 7) is 4.76. The Hall–Kier alpha value is -2.21. The molecule has 6 heteroatoms. The molecule has 0 saturated carbocycles. The first-order valence-electron chi connectivity index (χ1n) is 10.6. The molecule has 2 aromatic rings. The van der Waals surface area contributed by atoms with Crippen molar-refractivity contribution in [3.63, 3.8) is 0 Å². The van der Waals surface area contributed by atoms with Gasteiger partial charge in [0.2, 0.25) is 0 Å². The standard InChI is InChI=1S/C22H29N3O3/c1-2-24(15-17-8-7-13-28-17)21(26)16-10-11-18-19(14-16)23-20-9-5-3-4-6-12-25(20)22(18)27/h10-11,14,17H,2-9,12-13,15H2,1H3. The second-order valence-electron chi connectivity index (χ2n) is 7.86. The molecule has 0 bridgehead atoms. The lowest BCUT2D eigenvalue weighted by Gasteiger charge is -2.24. The number of aromatic nitrogens is 2. The van der Waals surface area contributed by atoms with Gasteiger partial charge >= 0.3 is 0 Å². The maximum atomic E-state index is 13.0. The lowest BCUT2D eigenvalue weighted by molar-refractivity contribution is 0.0539. The van der Waals surface area contributed by atoms with Crippen molar-refractivity contribution in [2.24, 2.45) is 0 Å². The average Bonchev–Trinajstić information content (AvgIpc) is 3.20. The molecule has 1 unspecified atom stereocenters. The summed E-state index contributed by atoms with van der Waals surface area (Å²) in [6.07, 6.45) is 7.44. The molecule has 0 radical (unpaired) electrons. The fourth-order valence-electron chi connectivity index (χ4n) is 4.30. The van der Waals surface area contributed by atoms with Gasteiger partial charge in [0.15, 0.2) is 0 Å². The van der Waals surface area contributed by atoms with E-state index in [2.05, 4.69) is 0 Å². The summed E-state index contributed by atoms with van der Waals surface area (Å²) in [5.41, 5.74) is 1.25. The molecule has 1 saturated heterocycles. The van der Waals surface area contributed by atoms with Gasteiger partial charge in [-0.2, -0.15) is 0 Å². The summed E-state index contributed by atoms with van der Waals surface area (Å²) >= 11 is 0. The van der Waals surface area contributed by atoms with Crippen LogP contribution in [0.3, 0.4) is 0 Å². The van der Waals surface area contributed by atoms with Crippen LogP contribution in [0.2, 0.25) is 0 Å². The molecular formula is C22H29N3O3. The monoisotopic (exact) mass is 383 g/mol. The first kappa shape index (κ1) is 19.1. The Morgan fingerprint density at radius 3 is 2.89 bits per heavy atom. The van der Waals surface area contributed by atoms with Crippen LogP contribution >= 0.6 is 0 Å². The fourth-order valence-corrected chi connectivity index (χ4v) is 4.30. The number of fused-ring (bicyclic) bond motifs is 2. The van der Waals surface area contributed by atoms with Crippen LogP contribution in [0.15, 0.2) is 23.0 Å². The zero-order chi connectivity index (χ0) is 19.5. The van der Waals surface area contributed by atoms with Gasteiger partial charge in [-0.25, -0.2) is 4.98 Å². The minimum Gasteiger partial charge on any atom is -0.376 e. The maximum Gasteiger partial charge on any atom is 0.261 e. The van der Waals surface area contributed by atoms with E-state index < -0.39 is 0 Å². The van der Waals surface area contributed by atoms with Crippen LogP contribution in [0.1, 0.15) is 61.6 Å². The van der Waals surface area contributed by atoms with Gasteiger partial charge in [-0.05, 0) is 50.8 Å². The van der Waals surface area contributed by atoms with Crippen LogP contribution in [-0.2, 0) is 17.7 Å². The van der Waals surface area contributed by atoms with Gasteiger partial charge in [0, 0.05) is 38.2 Å². The number of likely N-dealkylation sites (N-methyl/N-ethyl adjacent to an activating group) is 1. The topological polar surface area (TPSA) is 64.4 Å². The third-order valence-electron chi connectivity index (χ3n) is 5.93. The van der Waals surface area contributed by atoms with Gasteiger partial charge < -0.3 is 9.64 Å². The Morgan fingerprint density at radius 1 is 1.25 bits per heavy atom. The van der Waals surface area contributed by atoms with Crippen LogP contribution < -0.4 is 5.56 Å². The van der Waals surface area contributed by atoms with Gasteiger partial charge in [0.25, 0.3) is 11.5 Å². The normalized spacial score (nSPS) is 19.8. The van der Waals surface area contributed by atoms with Gasteiger partial charge in [-0.15, -0.1) is 0 Å². The van der Waals surface area contributed by atoms with Crippen LogP contribution in [0, 0.1) is 0 Å². The van der Waals surface area contributed by atoms with Crippen molar-refractivity contribution in [1.29, 1.82) is 0 Å². The smallest absolute Gasteiger partial charge is 0.261 e. The number of nitrogens with zero attached hydrogens (tertiary/aromatic N) is 3. The quantitative estimate of drug-likeness (QED) is 0.814. The summed E-state index contributed by atoms with van der Waals surface area (Å²) in [4.78, 5) is 32.6. The summed E-state index contributed by atoms with van der Waals surface area (Å²) in [6, 6.07) is 5.32. The average molecular weight is 383 g/mol. The molecule has 3 heterocycles. The Morgan fingerprint density at radius 2 is 2.11 bits per heavy atom. The molecule has 1 atom stereocenters. The Balaban J connectivity index is 1.65. The molecule has 1 aromatic heterocycles. The van der Waals surface area contributed by atoms with Gasteiger partial charge in [0.05, 0.1) is 17.0 Å². The number of aryl methyl sites for hydroxylation is 1. The highest BCUT2D eigenvalue weighted by Gasteiger charge is 2.23. The zero-order valence-corrected chi connectivity index (χ0v) is 16.7. The fraction of sp³-hybridized carbons (Fsp3) is 0.591. The van der Waals surface area contributed by atoms with Crippen molar-refractivity contribution >= 4 is 16.8 Å². The molecule has 28 heavy (non-hydrogen) atoms. The van der Waals surface area contributed by atoms with Gasteiger partial charge in [0.1, 0.15) is 5.82 Å². The second-order valence-corrected chi connectivity index (χ2v) is 7.86. The number of hydrogen-bond acceptors (Lipinski definition) is 4. The molecule has 1 fully saturated rings. The summed E-state index contributed by atoms with van der Waals surface area (Å²) < 4.78 is 7.52. The number of hydrogen-bond donors (Lipinski definition) is 0. The van der Waals surface area contributed by atoms with Crippen molar-refractivity contribution in [2.45, 2.75) is 64.5 Å². The number of amides is 1. The minimum atomic E-state index is -0.0199. The zero-order valence-electron chi connectivity index (χ0n) is 16.7. The Bertz CT molecular complexity index is 915. The second kappa shape index (κ2) is 8.43. The highest BCUT2D eigenvalue weighted by Crippen LogP contribution is 2.19. The van der Waals surface area contributed by atoms with Crippen LogP contribution in [0.25, 0.3) is 10.9 Å². The largest absolute Gasteiger partial charge is 0.376 e. The summed E-state index contributed by atoms with van der Waals surface area (Å²) in [5.74, 6) is 0.835. The molecule has 1 aromatic carbocycles. The van der Waals surface area contributed by atoms with E-state index in [4.69, 9.17) is 9.72 Å². The number of benzene rings is 1. The highest BCUT2D eigenvalue weighted by molar-refractivity contribution is 5.97. The predicted octanol–water partition coefficient (Wildman–Crippen LogP) is 3.15. The minimum absolute atomic E-state index is 0.0199. The molecule has 150 valence electrons. The maximum absolute atomic E-state index is 13.0. The third kappa shape index (κ3) is 3.83. The Labute approximate surface area is 165 Å². The first-order chi connectivity index (χ1) is 13.7. The number of rotatable bonds is 4. The third-order valence-corrected chi connectivity index (χ3v) is 5.93. The number of carbonyl (C=O) groups is 1. The van der Waals surface area contributed by atoms with E-state index in [0.717, 1.165) is 57.5 Å². The van der Waals surface area contributed by atoms with E-state index in [1.54, 1.807) is 18.2 Å². The molecular weight excluding hydrogens is 354 g/mol. The van der Waals surface area contributed by atoms with E-state index in [-0.39, 0.29) is 17.6 Å². The van der Waals surface area contributed by atoms with Crippen molar-refractivity contribution in [3.05, 3.63) is 39.9 Å². The van der Waals surface area contributed by atoms with E-state index >= 15 is 0 Å². The van der Waals surface area contributed by atoms with Gasteiger partial charge in [-0.3, -0.25) is 14.2 Å². The molecule has 4 rings (SSSR count). The molecule has 1 amide bonds. The number of carbonyl (C=O) groups excluding carboxylic acids is 1. The van der Waals surface area contributed by atoms with Crippen molar-refractivity contribution < 1.29 is 9.53 Å². The Kier molecular flexibility index (Phi) is 5.76. The SMILES string of the molecule is CCN(CC1CCCO1)C(=O)c1ccc2c(=O)n3c(nc2c1)CCCCCC3. The van der Waals surface area contributed by atoms with Crippen molar-refractivity contribution in [1.82, 2.24) is 14.5 Å². The lowest BCUT2D eigenvalue weighted by atomic mass is 10.1. The molecule has 2 aliphatic heterocycles. The molecule has 0 spiro atoms. The van der Waals surface area contributed by atoms with Crippen LogP contribution in [0.5, 0.6) is 0 Å². The van der Waals surface area contributed by atoms with E-state index in [1.807, 2.05) is 16.4 Å². The highest BCUT2D eigenvalue weighted by atomic mass is 16.5. The van der Waals surface area contributed by atoms with E-state index in [1.165, 1.54) is 6.42 Å². The van der Waals surface area contributed by atoms with Crippen LogP contribution in [-0.4, -0.2) is 46.2 Å². The van der Waals surface area contributed by atoms with E-state index in [9.17, 15) is 9.59 Å². The molecule has 2 aliphatic rings. The van der Waals surface area contributed by atoms with Crippen molar-refractivity contribution in [2.75, 3.05) is 19.7 Å². The first-order valence-corrected chi connectivity index (χ1v) is 10.6. The van der Waals surface area contributed by atoms with Crippen molar-refractivity contribution in [3.8, 4) is 0 Å². The van der Waals surface area contributed by atoms with E-state index in [0.29, 0.717) is 29.6 Å².